The third kappa shape index (κ3) is 10.6. The molecule has 1 heterocycles. The first-order valence-electron chi connectivity index (χ1n) is 12.3. The Bertz CT molecular complexity index is 1220. The van der Waals surface area contributed by atoms with E-state index in [-0.39, 0.29) is 24.1 Å². The number of methoxy groups -OCH3 is 2. The van der Waals surface area contributed by atoms with Gasteiger partial charge >= 0.3 is 5.43 Å². The van der Waals surface area contributed by atoms with Gasteiger partial charge in [0.05, 0.1) is 30.5 Å². The lowest BCUT2D eigenvalue weighted by molar-refractivity contribution is -0.139. The highest BCUT2D eigenvalue weighted by Crippen LogP contribution is 2.21. The van der Waals surface area contributed by atoms with E-state index in [2.05, 4.69) is 20.9 Å². The molecule has 0 radical (unpaired) electrons. The first-order valence-corrected chi connectivity index (χ1v) is 15.0. The van der Waals surface area contributed by atoms with E-state index in [1.165, 1.54) is 27.3 Å². The minimum Gasteiger partial charge on any atom is -0.438 e. The zero-order valence-electron chi connectivity index (χ0n) is 22.9. The molecule has 4 unspecified atom stereocenters. The first-order chi connectivity index (χ1) is 19.4. The third-order valence-electron chi connectivity index (χ3n) is 5.76. The molecule has 0 aliphatic heterocycles. The van der Waals surface area contributed by atoms with Crippen LogP contribution in [0.3, 0.4) is 0 Å². The molecule has 224 valence electrons. The summed E-state index contributed by atoms with van der Waals surface area (Å²) >= 11 is 8.47. The molecule has 12 nitrogen and oxygen atoms in total. The van der Waals surface area contributed by atoms with Crippen LogP contribution in [0.5, 0.6) is 0 Å². The van der Waals surface area contributed by atoms with Gasteiger partial charge in [-0.15, -0.1) is 11.3 Å². The predicted octanol–water partition coefficient (Wildman–Crippen LogP) is 2.19. The number of aromatic nitrogens is 1. The summed E-state index contributed by atoms with van der Waals surface area (Å²) in [6.07, 6.45) is 1.47. The van der Waals surface area contributed by atoms with Crippen molar-refractivity contribution in [3.8, 4) is 0 Å². The van der Waals surface area contributed by atoms with E-state index in [4.69, 9.17) is 25.8 Å². The van der Waals surface area contributed by atoms with Gasteiger partial charge in [0.1, 0.15) is 17.0 Å². The molecular weight excluding hydrogens is 691 g/mol. The molecule has 1 aromatic heterocycles. The van der Waals surface area contributed by atoms with E-state index in [0.717, 1.165) is 16.9 Å². The summed E-state index contributed by atoms with van der Waals surface area (Å²) in [4.78, 5) is 68.6. The number of ketones is 1. The lowest BCUT2D eigenvalue weighted by Gasteiger charge is -2.31. The number of hydrogen-bond acceptors (Lipinski definition) is 10. The number of benzene rings is 1. The molecular formula is C26H32ClIN4O8S. The van der Waals surface area contributed by atoms with Crippen molar-refractivity contribution in [3.05, 3.63) is 52.0 Å². The van der Waals surface area contributed by atoms with Gasteiger partial charge in [-0.2, -0.15) is 0 Å². The third-order valence-corrected chi connectivity index (χ3v) is 8.21. The number of hydrogen-bond donors (Lipinski definition) is 3. The number of nitrogens with one attached hydrogen (secondary N) is 3. The van der Waals surface area contributed by atoms with Crippen LogP contribution >= 0.6 is 45.5 Å². The molecule has 41 heavy (non-hydrogen) atoms. The van der Waals surface area contributed by atoms with Crippen LogP contribution in [-0.2, 0) is 35.0 Å². The normalized spacial score (nSPS) is 14.6. The van der Waals surface area contributed by atoms with Crippen molar-refractivity contribution in [2.75, 3.05) is 31.9 Å². The van der Waals surface area contributed by atoms with Crippen LogP contribution in [0.15, 0.2) is 36.5 Å². The van der Waals surface area contributed by atoms with Crippen LogP contribution in [0, 0.1) is 6.92 Å². The number of aryl methyl sites for hydroxylation is 1. The van der Waals surface area contributed by atoms with E-state index in [1.54, 1.807) is 37.3 Å². The Kier molecular flexibility index (Phi) is 14.1. The van der Waals surface area contributed by atoms with Crippen molar-refractivity contribution < 1.29 is 38.2 Å². The first kappa shape index (κ1) is 34.5. The maximum absolute atomic E-state index is 13.6. The molecule has 1 aromatic carbocycles. The van der Waals surface area contributed by atoms with Gasteiger partial charge in [-0.1, -0.05) is 52.9 Å². The average molecular weight is 723 g/mol. The summed E-state index contributed by atoms with van der Waals surface area (Å²) < 4.78 is 15.4. The van der Waals surface area contributed by atoms with E-state index >= 15 is 0 Å². The van der Waals surface area contributed by atoms with Crippen LogP contribution in [0.1, 0.15) is 27.2 Å². The van der Waals surface area contributed by atoms with Crippen LogP contribution < -0.4 is 16.0 Å². The van der Waals surface area contributed by atoms with Crippen LogP contribution in [0.25, 0.3) is 0 Å². The number of alkyl halides is 1. The average Bonchev–Trinajstić information content (AvgIpc) is 3.38. The van der Waals surface area contributed by atoms with Gasteiger partial charge in [0, 0.05) is 30.2 Å². The molecule has 0 bridgehead atoms. The number of carbonyl (C=O) groups excluding carboxylic acids is 5. The fourth-order valence-corrected chi connectivity index (χ4v) is 5.07. The SMILES string of the molecule is COCC(NC(=O)c1cnc(C)s1)C(=O)NC(COC)C(=O)NC(Cc1ccccc1)C(=O)C(C)(CI)OC(=O)Cl. The van der Waals surface area contributed by atoms with Gasteiger partial charge in [-0.3, -0.25) is 19.2 Å². The second-order valence-electron chi connectivity index (χ2n) is 9.06. The number of carbonyl (C=O) groups is 5. The predicted molar refractivity (Wildman–Crippen MR) is 160 cm³/mol. The maximum Gasteiger partial charge on any atom is 0.404 e. The summed E-state index contributed by atoms with van der Waals surface area (Å²) in [5, 5.41) is 8.48. The van der Waals surface area contributed by atoms with Gasteiger partial charge in [0.15, 0.2) is 11.4 Å². The minimum atomic E-state index is -1.63. The Hall–Kier alpha value is -2.66. The van der Waals surface area contributed by atoms with Crippen molar-refractivity contribution in [2.24, 2.45) is 0 Å². The molecule has 15 heteroatoms. The number of ether oxygens (including phenoxy) is 3. The molecule has 0 aliphatic carbocycles. The standard InChI is InChI=1S/C26H32ClIN4O8S/c1-15-29-11-20(41-15)24(36)32-19(13-39-4)23(35)31-18(12-38-3)22(34)30-17(10-16-8-6-5-7-9-16)21(33)26(2,14-28)40-25(27)37/h5-9,11,17-19H,10,12-14H2,1-4H3,(H,30,34)(H,31,35)(H,32,36). The number of rotatable bonds is 16. The quantitative estimate of drug-likeness (QED) is 0.134. The Balaban J connectivity index is 2.26. The summed E-state index contributed by atoms with van der Waals surface area (Å²) in [5.41, 5.74) is -2.06. The number of amides is 3. The summed E-state index contributed by atoms with van der Waals surface area (Å²) in [6, 6.07) is 5.37. The largest absolute Gasteiger partial charge is 0.438 e. The Labute approximate surface area is 260 Å². The number of nitrogens with zero attached hydrogens (tertiary/aromatic N) is 1. The summed E-state index contributed by atoms with van der Waals surface area (Å²) in [6.45, 7) is 2.73. The molecule has 4 atom stereocenters. The van der Waals surface area contributed by atoms with Crippen LogP contribution in [0.2, 0.25) is 0 Å². The molecule has 3 N–H and O–H groups in total. The molecule has 0 spiro atoms. The van der Waals surface area contributed by atoms with Crippen molar-refractivity contribution >= 4 is 74.5 Å². The molecule has 0 saturated carbocycles. The van der Waals surface area contributed by atoms with E-state index in [0.29, 0.717) is 9.88 Å². The number of Topliss-reactive ketones (excluding diaryl/α,β-unsaturated/α-hetero) is 1. The molecule has 3 amide bonds. The topological polar surface area (TPSA) is 162 Å². The van der Waals surface area contributed by atoms with Gasteiger partial charge in [-0.05, 0) is 25.8 Å². The molecule has 2 aromatic rings. The number of thiazole rings is 1. The van der Waals surface area contributed by atoms with Crippen molar-refractivity contribution in [1.82, 2.24) is 20.9 Å². The van der Waals surface area contributed by atoms with E-state index in [9.17, 15) is 24.0 Å². The van der Waals surface area contributed by atoms with Crippen molar-refractivity contribution in [2.45, 2.75) is 44.0 Å². The Morgan fingerprint density at radius 2 is 1.54 bits per heavy atom. The Morgan fingerprint density at radius 1 is 0.976 bits per heavy atom. The molecule has 0 aliphatic rings. The highest BCUT2D eigenvalue weighted by Gasteiger charge is 2.42. The summed E-state index contributed by atoms with van der Waals surface area (Å²) in [5.74, 6) is -2.56. The highest BCUT2D eigenvalue weighted by molar-refractivity contribution is 14.1. The van der Waals surface area contributed by atoms with Gasteiger partial charge < -0.3 is 30.2 Å². The zero-order valence-corrected chi connectivity index (χ0v) is 26.6. The smallest absolute Gasteiger partial charge is 0.404 e. The van der Waals surface area contributed by atoms with E-state index in [1.807, 2.05) is 22.6 Å². The zero-order chi connectivity index (χ0) is 30.6. The van der Waals surface area contributed by atoms with Crippen molar-refractivity contribution in [3.63, 3.8) is 0 Å². The Morgan fingerprint density at radius 3 is 2.02 bits per heavy atom. The maximum atomic E-state index is 13.6. The second-order valence-corrected chi connectivity index (χ2v) is 11.4. The monoisotopic (exact) mass is 722 g/mol. The molecule has 0 fully saturated rings. The van der Waals surface area contributed by atoms with E-state index < -0.39 is 52.7 Å². The lowest BCUT2D eigenvalue weighted by atomic mass is 9.92. The fraction of sp³-hybridized carbons (Fsp3) is 0.462. The van der Waals surface area contributed by atoms with Crippen LogP contribution in [0.4, 0.5) is 4.79 Å². The van der Waals surface area contributed by atoms with Crippen molar-refractivity contribution in [1.29, 1.82) is 0 Å². The van der Waals surface area contributed by atoms with Gasteiger partial charge in [0.25, 0.3) is 5.91 Å². The number of halogens is 2. The summed E-state index contributed by atoms with van der Waals surface area (Å²) in [7, 11) is 2.70. The fourth-order valence-electron chi connectivity index (χ4n) is 3.69. The van der Waals surface area contributed by atoms with Crippen LogP contribution in [-0.4, -0.2) is 89.5 Å². The minimum absolute atomic E-state index is 0.0686. The molecule has 0 saturated heterocycles. The lowest BCUT2D eigenvalue weighted by Crippen LogP contribution is -2.60. The van der Waals surface area contributed by atoms with Gasteiger partial charge in [-0.25, -0.2) is 9.78 Å². The highest BCUT2D eigenvalue weighted by atomic mass is 127. The van der Waals surface area contributed by atoms with Gasteiger partial charge in [0.2, 0.25) is 11.8 Å². The molecule has 2 rings (SSSR count). The second kappa shape index (κ2) is 16.7.